The molecule has 1 atom stereocenters. The van der Waals surface area contributed by atoms with E-state index in [1.54, 1.807) is 0 Å². The number of benzene rings is 1. The van der Waals surface area contributed by atoms with Crippen LogP contribution in [-0.4, -0.2) is 68.1 Å². The highest BCUT2D eigenvalue weighted by atomic mass is 19.4. The standard InChI is InChI=1S/C20H26F6N2O3/c21-19(22,23)18(30,20(24,25)26)14-1-3-15(4-2-14)28-8-7-27-12-16(28)11-17(13-29)5-9-31-10-6-17/h1-4,16,27,29-30H,5-13H2. The van der Waals surface area contributed by atoms with E-state index in [9.17, 15) is 36.6 Å². The molecule has 2 heterocycles. The van der Waals surface area contributed by atoms with E-state index in [0.717, 1.165) is 0 Å². The molecule has 1 unspecified atom stereocenters. The third-order valence-electron chi connectivity index (χ3n) is 6.34. The highest BCUT2D eigenvalue weighted by Crippen LogP contribution is 2.50. The van der Waals surface area contributed by atoms with E-state index in [1.807, 2.05) is 4.90 Å². The number of aliphatic hydroxyl groups excluding tert-OH is 1. The van der Waals surface area contributed by atoms with Crippen molar-refractivity contribution in [2.24, 2.45) is 5.41 Å². The molecule has 0 bridgehead atoms. The maximum absolute atomic E-state index is 13.1. The second-order valence-corrected chi connectivity index (χ2v) is 8.28. The van der Waals surface area contributed by atoms with Crippen molar-refractivity contribution < 1.29 is 41.3 Å². The van der Waals surface area contributed by atoms with Crippen molar-refractivity contribution in [3.63, 3.8) is 0 Å². The summed E-state index contributed by atoms with van der Waals surface area (Å²) in [6.07, 6.45) is -9.87. The Hall–Kier alpha value is -1.56. The summed E-state index contributed by atoms with van der Waals surface area (Å²) >= 11 is 0. The molecule has 0 aliphatic carbocycles. The minimum Gasteiger partial charge on any atom is -0.396 e. The maximum Gasteiger partial charge on any atom is 0.430 e. The monoisotopic (exact) mass is 456 g/mol. The molecule has 0 radical (unpaired) electrons. The number of rotatable bonds is 5. The number of aliphatic hydroxyl groups is 2. The molecule has 1 aromatic rings. The first-order valence-corrected chi connectivity index (χ1v) is 10.1. The zero-order valence-electron chi connectivity index (χ0n) is 16.8. The van der Waals surface area contributed by atoms with Crippen molar-refractivity contribution >= 4 is 5.69 Å². The molecule has 31 heavy (non-hydrogen) atoms. The Labute approximate surface area is 176 Å². The largest absolute Gasteiger partial charge is 0.430 e. The fourth-order valence-electron chi connectivity index (χ4n) is 4.40. The van der Waals surface area contributed by atoms with Crippen molar-refractivity contribution in [2.45, 2.75) is 43.3 Å². The van der Waals surface area contributed by atoms with Crippen LogP contribution >= 0.6 is 0 Å². The highest BCUT2D eigenvalue weighted by molar-refractivity contribution is 5.50. The molecular weight excluding hydrogens is 430 g/mol. The van der Waals surface area contributed by atoms with E-state index in [2.05, 4.69) is 5.32 Å². The van der Waals surface area contributed by atoms with Gasteiger partial charge in [-0.3, -0.25) is 0 Å². The Kier molecular flexibility index (Phi) is 6.81. The van der Waals surface area contributed by atoms with Crippen LogP contribution in [0.3, 0.4) is 0 Å². The number of piperazine rings is 1. The molecule has 2 aliphatic heterocycles. The lowest BCUT2D eigenvalue weighted by molar-refractivity contribution is -0.376. The Morgan fingerprint density at radius 3 is 2.13 bits per heavy atom. The fraction of sp³-hybridized carbons (Fsp3) is 0.700. The average molecular weight is 456 g/mol. The van der Waals surface area contributed by atoms with Gasteiger partial charge in [0.2, 0.25) is 0 Å². The Morgan fingerprint density at radius 1 is 1.03 bits per heavy atom. The van der Waals surface area contributed by atoms with Gasteiger partial charge in [-0.1, -0.05) is 12.1 Å². The van der Waals surface area contributed by atoms with Crippen LogP contribution in [0.1, 0.15) is 24.8 Å². The summed E-state index contributed by atoms with van der Waals surface area (Å²) in [5, 5.41) is 22.8. The molecule has 0 amide bonds. The van der Waals surface area contributed by atoms with Crippen molar-refractivity contribution in [3.05, 3.63) is 29.8 Å². The van der Waals surface area contributed by atoms with E-state index in [4.69, 9.17) is 4.74 Å². The van der Waals surface area contributed by atoms with Crippen LogP contribution in [0.25, 0.3) is 0 Å². The minimum absolute atomic E-state index is 0.0240. The van der Waals surface area contributed by atoms with E-state index in [1.165, 1.54) is 12.1 Å². The molecular formula is C20H26F6N2O3. The van der Waals surface area contributed by atoms with E-state index < -0.39 is 23.5 Å². The predicted octanol–water partition coefficient (Wildman–Crippen LogP) is 2.96. The summed E-state index contributed by atoms with van der Waals surface area (Å²) in [7, 11) is 0. The second kappa shape index (κ2) is 8.76. The summed E-state index contributed by atoms with van der Waals surface area (Å²) in [6.45, 7) is 2.71. The fourth-order valence-corrected chi connectivity index (χ4v) is 4.40. The highest BCUT2D eigenvalue weighted by Gasteiger charge is 2.71. The first-order chi connectivity index (χ1) is 14.4. The quantitative estimate of drug-likeness (QED) is 0.595. The van der Waals surface area contributed by atoms with Crippen LogP contribution < -0.4 is 10.2 Å². The summed E-state index contributed by atoms with van der Waals surface area (Å²) in [4.78, 5) is 1.92. The lowest BCUT2D eigenvalue weighted by Crippen LogP contribution is -2.54. The number of alkyl halides is 6. The smallest absolute Gasteiger partial charge is 0.396 e. The van der Waals surface area contributed by atoms with E-state index in [-0.39, 0.29) is 18.1 Å². The number of nitrogens with zero attached hydrogens (tertiary/aromatic N) is 1. The molecule has 3 N–H and O–H groups in total. The molecule has 11 heteroatoms. The maximum atomic E-state index is 13.1. The van der Waals surface area contributed by atoms with Gasteiger partial charge in [0.25, 0.3) is 5.60 Å². The van der Waals surface area contributed by atoms with Crippen LogP contribution in [0.15, 0.2) is 24.3 Å². The summed E-state index contributed by atoms with van der Waals surface area (Å²) in [6, 6.07) is 3.59. The van der Waals surface area contributed by atoms with Crippen LogP contribution in [0.5, 0.6) is 0 Å². The molecule has 1 aromatic carbocycles. The summed E-state index contributed by atoms with van der Waals surface area (Å²) < 4.78 is 84.1. The lowest BCUT2D eigenvalue weighted by atomic mass is 9.75. The number of nitrogens with one attached hydrogen (secondary N) is 1. The topological polar surface area (TPSA) is 65.0 Å². The second-order valence-electron chi connectivity index (χ2n) is 8.28. The van der Waals surface area contributed by atoms with Crippen LogP contribution in [0.4, 0.5) is 32.0 Å². The molecule has 2 aliphatic rings. The van der Waals surface area contributed by atoms with Crippen molar-refractivity contribution in [1.82, 2.24) is 5.32 Å². The van der Waals surface area contributed by atoms with Gasteiger partial charge in [-0.05, 0) is 36.8 Å². The van der Waals surface area contributed by atoms with Crippen LogP contribution in [0.2, 0.25) is 0 Å². The summed E-state index contributed by atoms with van der Waals surface area (Å²) in [5.74, 6) is 0. The third kappa shape index (κ3) is 4.64. The summed E-state index contributed by atoms with van der Waals surface area (Å²) in [5.41, 5.74) is -6.10. The van der Waals surface area contributed by atoms with Gasteiger partial charge in [0.1, 0.15) is 0 Å². The average Bonchev–Trinajstić information content (AvgIpc) is 2.73. The first kappa shape index (κ1) is 24.1. The molecule has 0 spiro atoms. The van der Waals surface area contributed by atoms with Gasteiger partial charge in [-0.15, -0.1) is 0 Å². The van der Waals surface area contributed by atoms with E-state index >= 15 is 0 Å². The van der Waals surface area contributed by atoms with Gasteiger partial charge >= 0.3 is 12.4 Å². The number of anilines is 1. The van der Waals surface area contributed by atoms with Crippen LogP contribution in [0, 0.1) is 5.41 Å². The van der Waals surface area contributed by atoms with Gasteiger partial charge < -0.3 is 25.2 Å². The van der Waals surface area contributed by atoms with Gasteiger partial charge in [0.15, 0.2) is 0 Å². The number of halogens is 6. The molecule has 2 saturated heterocycles. The zero-order chi connectivity index (χ0) is 22.9. The molecule has 0 saturated carbocycles. The molecule has 0 aromatic heterocycles. The van der Waals surface area contributed by atoms with Gasteiger partial charge in [0.05, 0.1) is 0 Å². The number of hydrogen-bond donors (Lipinski definition) is 3. The van der Waals surface area contributed by atoms with Gasteiger partial charge in [-0.2, -0.15) is 26.3 Å². The van der Waals surface area contributed by atoms with Crippen molar-refractivity contribution in [2.75, 3.05) is 44.4 Å². The van der Waals surface area contributed by atoms with Gasteiger partial charge in [0, 0.05) is 56.7 Å². The van der Waals surface area contributed by atoms with Crippen molar-refractivity contribution in [1.29, 1.82) is 0 Å². The molecule has 3 rings (SSSR count). The predicted molar refractivity (Wildman–Crippen MR) is 101 cm³/mol. The molecule has 2 fully saturated rings. The normalized spacial score (nSPS) is 23.1. The number of hydrogen-bond acceptors (Lipinski definition) is 5. The SMILES string of the molecule is OCC1(CC2CNCCN2c2ccc(C(O)(C(F)(F)F)C(F)(F)F)cc2)CCOCC1. The lowest BCUT2D eigenvalue weighted by Gasteiger charge is -2.45. The third-order valence-corrected chi connectivity index (χ3v) is 6.34. The minimum atomic E-state index is -5.92. The Bertz CT molecular complexity index is 718. The molecule has 5 nitrogen and oxygen atoms in total. The first-order valence-electron chi connectivity index (χ1n) is 10.1. The van der Waals surface area contributed by atoms with E-state index in [0.29, 0.717) is 69.9 Å². The van der Waals surface area contributed by atoms with Crippen LogP contribution in [-0.2, 0) is 10.3 Å². The molecule has 176 valence electrons. The van der Waals surface area contributed by atoms with Crippen molar-refractivity contribution in [3.8, 4) is 0 Å². The zero-order valence-corrected chi connectivity index (χ0v) is 16.8. The Morgan fingerprint density at radius 2 is 1.61 bits per heavy atom. The van der Waals surface area contributed by atoms with Gasteiger partial charge in [-0.25, -0.2) is 0 Å². The number of ether oxygens (including phenoxy) is 1. The Balaban J connectivity index is 1.86.